The summed E-state index contributed by atoms with van der Waals surface area (Å²) in [5.41, 5.74) is 0.922. The molecule has 6 heteroatoms. The molecule has 0 unspecified atom stereocenters. The van der Waals surface area contributed by atoms with E-state index in [9.17, 15) is 9.59 Å². The summed E-state index contributed by atoms with van der Waals surface area (Å²) in [5, 5.41) is 0. The van der Waals surface area contributed by atoms with E-state index in [-0.39, 0.29) is 30.8 Å². The average Bonchev–Trinajstić information content (AvgIpc) is 3.41. The topological polar surface area (TPSA) is 72.6 Å². The third kappa shape index (κ3) is 3.49. The number of aromatic nitrogens is 1. The predicted octanol–water partition coefficient (Wildman–Crippen LogP) is 3.18. The second-order valence-corrected chi connectivity index (χ2v) is 6.98. The lowest BCUT2D eigenvalue weighted by Crippen LogP contribution is -2.35. The molecule has 2 heterocycles. The van der Waals surface area contributed by atoms with Gasteiger partial charge >= 0.3 is 5.97 Å². The molecule has 136 valence electrons. The van der Waals surface area contributed by atoms with E-state index in [4.69, 9.17) is 9.15 Å². The molecule has 1 amide bonds. The second-order valence-electron chi connectivity index (χ2n) is 6.98. The Morgan fingerprint density at radius 1 is 1.23 bits per heavy atom. The van der Waals surface area contributed by atoms with E-state index >= 15 is 0 Å². The van der Waals surface area contributed by atoms with Crippen LogP contribution in [0.5, 0.6) is 0 Å². The van der Waals surface area contributed by atoms with E-state index in [1.54, 1.807) is 6.20 Å². The van der Waals surface area contributed by atoms with E-state index in [1.165, 1.54) is 0 Å². The number of carbonyl (C=O) groups excluding carboxylic acids is 2. The van der Waals surface area contributed by atoms with Gasteiger partial charge in [0.15, 0.2) is 12.4 Å². The van der Waals surface area contributed by atoms with E-state index in [1.807, 2.05) is 35.2 Å². The average molecular weight is 354 g/mol. The van der Waals surface area contributed by atoms with Gasteiger partial charge in [0.25, 0.3) is 0 Å². The maximum Gasteiger partial charge on any atom is 0.311 e. The summed E-state index contributed by atoms with van der Waals surface area (Å²) >= 11 is 0. The molecule has 2 aromatic rings. The molecule has 1 aliphatic heterocycles. The van der Waals surface area contributed by atoms with Crippen molar-refractivity contribution < 1.29 is 18.7 Å². The highest BCUT2D eigenvalue weighted by molar-refractivity contribution is 5.87. The van der Waals surface area contributed by atoms with Gasteiger partial charge in [0.05, 0.1) is 12.1 Å². The molecule has 1 aliphatic carbocycles. The summed E-state index contributed by atoms with van der Waals surface area (Å²) in [5.74, 6) is 0.334. The predicted molar refractivity (Wildman–Crippen MR) is 93.8 cm³/mol. The number of likely N-dealkylation sites (tertiary alicyclic amines) is 1. The van der Waals surface area contributed by atoms with Crippen molar-refractivity contribution in [3.05, 3.63) is 42.4 Å². The van der Waals surface area contributed by atoms with Gasteiger partial charge < -0.3 is 14.1 Å². The summed E-state index contributed by atoms with van der Waals surface area (Å²) < 4.78 is 11.0. The number of oxazole rings is 1. The van der Waals surface area contributed by atoms with E-state index < -0.39 is 0 Å². The summed E-state index contributed by atoms with van der Waals surface area (Å²) in [6.45, 7) is 0.461. The number of hydrogen-bond donors (Lipinski definition) is 0. The minimum atomic E-state index is -0.383. The Morgan fingerprint density at radius 2 is 2.00 bits per heavy atom. The molecule has 1 aromatic heterocycles. The van der Waals surface area contributed by atoms with Gasteiger partial charge in [-0.3, -0.25) is 9.59 Å². The normalized spacial score (nSPS) is 20.7. The molecule has 0 bridgehead atoms. The molecule has 6 nitrogen and oxygen atoms in total. The van der Waals surface area contributed by atoms with Crippen molar-refractivity contribution in [2.24, 2.45) is 5.92 Å². The summed E-state index contributed by atoms with van der Waals surface area (Å²) in [7, 11) is 0. The summed E-state index contributed by atoms with van der Waals surface area (Å²) in [4.78, 5) is 30.6. The van der Waals surface area contributed by atoms with Crippen molar-refractivity contribution in [1.82, 2.24) is 9.88 Å². The van der Waals surface area contributed by atoms with E-state index in [0.717, 1.165) is 31.2 Å². The van der Waals surface area contributed by atoms with Crippen LogP contribution >= 0.6 is 0 Å². The number of benzene rings is 1. The number of hydrogen-bond acceptors (Lipinski definition) is 5. The van der Waals surface area contributed by atoms with Gasteiger partial charge in [0.2, 0.25) is 11.8 Å². The lowest BCUT2D eigenvalue weighted by atomic mass is 10.1. The molecule has 2 fully saturated rings. The van der Waals surface area contributed by atoms with Gasteiger partial charge in [-0.2, -0.15) is 0 Å². The number of ether oxygens (including phenoxy) is 1. The monoisotopic (exact) mass is 354 g/mol. The third-order valence-corrected chi connectivity index (χ3v) is 5.21. The van der Waals surface area contributed by atoms with E-state index in [2.05, 4.69) is 4.98 Å². The fourth-order valence-corrected chi connectivity index (χ4v) is 3.82. The Labute approximate surface area is 152 Å². The van der Waals surface area contributed by atoms with Crippen LogP contribution in [0.4, 0.5) is 0 Å². The molecular formula is C20H22N2O4. The number of carbonyl (C=O) groups is 2. The van der Waals surface area contributed by atoms with Crippen LogP contribution < -0.4 is 0 Å². The van der Waals surface area contributed by atoms with Crippen LogP contribution in [0.2, 0.25) is 0 Å². The Morgan fingerprint density at radius 3 is 2.77 bits per heavy atom. The molecular weight excluding hydrogens is 332 g/mol. The number of amides is 1. The van der Waals surface area contributed by atoms with Crippen LogP contribution in [0.15, 0.2) is 40.9 Å². The minimum absolute atomic E-state index is 0.0141. The number of rotatable bonds is 5. The van der Waals surface area contributed by atoms with Crippen molar-refractivity contribution in [2.75, 3.05) is 6.54 Å². The zero-order valence-electron chi connectivity index (χ0n) is 14.6. The maximum atomic E-state index is 12.3. The first-order valence-electron chi connectivity index (χ1n) is 9.17. The van der Waals surface area contributed by atoms with Gasteiger partial charge in [-0.05, 0) is 12.8 Å². The van der Waals surface area contributed by atoms with Crippen LogP contribution in [0.25, 0.3) is 11.3 Å². The van der Waals surface area contributed by atoms with Crippen LogP contribution in [-0.2, 0) is 20.9 Å². The molecule has 1 atom stereocenters. The quantitative estimate of drug-likeness (QED) is 0.771. The second kappa shape index (κ2) is 7.32. The molecule has 0 N–H and O–H groups in total. The van der Waals surface area contributed by atoms with Crippen molar-refractivity contribution in [1.29, 1.82) is 0 Å². The van der Waals surface area contributed by atoms with Gasteiger partial charge in [-0.25, -0.2) is 4.98 Å². The van der Waals surface area contributed by atoms with Crippen molar-refractivity contribution in [3.8, 4) is 11.3 Å². The number of nitrogens with zero attached hydrogens (tertiary/aromatic N) is 2. The zero-order chi connectivity index (χ0) is 17.9. The van der Waals surface area contributed by atoms with Gasteiger partial charge in [0.1, 0.15) is 0 Å². The zero-order valence-corrected chi connectivity index (χ0v) is 14.6. The lowest BCUT2D eigenvalue weighted by molar-refractivity contribution is -0.150. The fraction of sp³-hybridized carbons (Fsp3) is 0.450. The molecule has 1 saturated heterocycles. The van der Waals surface area contributed by atoms with Gasteiger partial charge in [-0.15, -0.1) is 0 Å². The SMILES string of the molecule is O=C(OCc1ncc(-c2ccccc2)o1)[C@@H]1CC(=O)N(C2CCCC2)C1. The Hall–Kier alpha value is -2.63. The van der Waals surface area contributed by atoms with Crippen molar-refractivity contribution >= 4 is 11.9 Å². The Balaban J connectivity index is 1.32. The smallest absolute Gasteiger partial charge is 0.311 e. The standard InChI is InChI=1S/C20H22N2O4/c23-19-10-15(12-22(19)16-8-4-5-9-16)20(24)25-13-18-21-11-17(26-18)14-6-2-1-3-7-14/h1-3,6-7,11,15-16H,4-5,8-10,12-13H2/t15-/m1/s1. The van der Waals surface area contributed by atoms with Gasteiger partial charge in [0, 0.05) is 24.6 Å². The lowest BCUT2D eigenvalue weighted by Gasteiger charge is -2.23. The molecule has 0 radical (unpaired) electrons. The first kappa shape index (κ1) is 16.8. The first-order chi connectivity index (χ1) is 12.7. The van der Waals surface area contributed by atoms with E-state index in [0.29, 0.717) is 24.2 Å². The van der Waals surface area contributed by atoms with Crippen LogP contribution in [0.3, 0.4) is 0 Å². The van der Waals surface area contributed by atoms with Crippen molar-refractivity contribution in [2.45, 2.75) is 44.8 Å². The molecule has 0 spiro atoms. The highest BCUT2D eigenvalue weighted by Crippen LogP contribution is 2.30. The molecule has 1 aromatic carbocycles. The van der Waals surface area contributed by atoms with Gasteiger partial charge in [-0.1, -0.05) is 43.2 Å². The fourth-order valence-electron chi connectivity index (χ4n) is 3.82. The Kier molecular flexibility index (Phi) is 4.73. The van der Waals surface area contributed by atoms with Crippen LogP contribution in [0, 0.1) is 5.92 Å². The molecule has 4 rings (SSSR count). The van der Waals surface area contributed by atoms with Crippen LogP contribution in [0.1, 0.15) is 38.0 Å². The third-order valence-electron chi connectivity index (χ3n) is 5.21. The highest BCUT2D eigenvalue weighted by atomic mass is 16.5. The number of esters is 1. The molecule has 1 saturated carbocycles. The summed E-state index contributed by atoms with van der Waals surface area (Å²) in [6, 6.07) is 9.94. The highest BCUT2D eigenvalue weighted by Gasteiger charge is 2.39. The molecule has 2 aliphatic rings. The Bertz CT molecular complexity index is 780. The minimum Gasteiger partial charge on any atom is -0.455 e. The maximum absolute atomic E-state index is 12.3. The largest absolute Gasteiger partial charge is 0.455 e. The summed E-state index contributed by atoms with van der Waals surface area (Å²) in [6.07, 6.45) is 6.29. The first-order valence-corrected chi connectivity index (χ1v) is 9.17. The van der Waals surface area contributed by atoms with Crippen molar-refractivity contribution in [3.63, 3.8) is 0 Å². The van der Waals surface area contributed by atoms with Crippen LogP contribution in [-0.4, -0.2) is 34.3 Å². The molecule has 26 heavy (non-hydrogen) atoms.